The van der Waals surface area contributed by atoms with Crippen LogP contribution in [0.25, 0.3) is 22.5 Å². The third-order valence-electron chi connectivity index (χ3n) is 2.75. The summed E-state index contributed by atoms with van der Waals surface area (Å²) < 4.78 is 19.4. The molecule has 3 rings (SSSR count). The Labute approximate surface area is 131 Å². The van der Waals surface area contributed by atoms with Crippen molar-refractivity contribution in [3.63, 3.8) is 0 Å². The molecule has 0 aliphatic heterocycles. The number of rotatable bonds is 2. The standard InChI is InChI=1S/C13H7BrClFN2OS/c14-10-3-6(5-20-10)12-11(13(17)18-19-12)8-2-1-7(16)4-9(8)15/h1-5H,(H2,17,18). The van der Waals surface area contributed by atoms with E-state index in [4.69, 9.17) is 21.9 Å². The van der Waals surface area contributed by atoms with Gasteiger partial charge >= 0.3 is 0 Å². The zero-order valence-corrected chi connectivity index (χ0v) is 13.0. The molecule has 20 heavy (non-hydrogen) atoms. The summed E-state index contributed by atoms with van der Waals surface area (Å²) in [6, 6.07) is 6.01. The van der Waals surface area contributed by atoms with Crippen molar-refractivity contribution in [2.45, 2.75) is 0 Å². The second kappa shape index (κ2) is 5.20. The van der Waals surface area contributed by atoms with Gasteiger partial charge < -0.3 is 10.3 Å². The van der Waals surface area contributed by atoms with Crippen LogP contribution >= 0.6 is 38.9 Å². The Balaban J connectivity index is 2.21. The molecule has 0 spiro atoms. The minimum absolute atomic E-state index is 0.218. The number of benzene rings is 1. The molecule has 0 radical (unpaired) electrons. The van der Waals surface area contributed by atoms with Crippen LogP contribution in [0, 0.1) is 5.82 Å². The normalized spacial score (nSPS) is 10.9. The zero-order valence-electron chi connectivity index (χ0n) is 9.86. The molecule has 2 N–H and O–H groups in total. The van der Waals surface area contributed by atoms with Gasteiger partial charge in [0.05, 0.1) is 14.4 Å². The van der Waals surface area contributed by atoms with Crippen molar-refractivity contribution in [2.24, 2.45) is 0 Å². The quantitative estimate of drug-likeness (QED) is 0.671. The van der Waals surface area contributed by atoms with Gasteiger partial charge in [-0.3, -0.25) is 0 Å². The molecule has 0 saturated heterocycles. The average Bonchev–Trinajstić information content (AvgIpc) is 2.96. The van der Waals surface area contributed by atoms with Crippen molar-refractivity contribution < 1.29 is 8.91 Å². The van der Waals surface area contributed by atoms with Gasteiger partial charge in [-0.2, -0.15) is 0 Å². The minimum Gasteiger partial charge on any atom is -0.380 e. The summed E-state index contributed by atoms with van der Waals surface area (Å²) in [6.45, 7) is 0. The first kappa shape index (κ1) is 13.6. The highest BCUT2D eigenvalue weighted by atomic mass is 79.9. The molecule has 0 aliphatic rings. The fourth-order valence-corrected chi connectivity index (χ4v) is 3.28. The van der Waals surface area contributed by atoms with Gasteiger partial charge in [-0.05, 0) is 40.2 Å². The van der Waals surface area contributed by atoms with Gasteiger partial charge in [0.2, 0.25) is 0 Å². The zero-order chi connectivity index (χ0) is 14.3. The first-order valence-electron chi connectivity index (χ1n) is 5.51. The maximum atomic E-state index is 13.2. The highest BCUT2D eigenvalue weighted by Gasteiger charge is 2.20. The summed E-state index contributed by atoms with van der Waals surface area (Å²) in [5, 5.41) is 5.95. The van der Waals surface area contributed by atoms with Crippen molar-refractivity contribution in [3.8, 4) is 22.5 Å². The second-order valence-electron chi connectivity index (χ2n) is 4.04. The molecule has 0 amide bonds. The topological polar surface area (TPSA) is 52.0 Å². The number of halogens is 3. The van der Waals surface area contributed by atoms with Gasteiger partial charge in [0, 0.05) is 16.5 Å². The van der Waals surface area contributed by atoms with Crippen molar-refractivity contribution in [1.29, 1.82) is 0 Å². The van der Waals surface area contributed by atoms with E-state index in [1.165, 1.54) is 23.5 Å². The van der Waals surface area contributed by atoms with Crippen molar-refractivity contribution in [3.05, 3.63) is 44.3 Å². The van der Waals surface area contributed by atoms with Crippen LogP contribution in [0.15, 0.2) is 38.0 Å². The van der Waals surface area contributed by atoms with Gasteiger partial charge in [0.15, 0.2) is 11.6 Å². The van der Waals surface area contributed by atoms with Crippen LogP contribution in [0.5, 0.6) is 0 Å². The van der Waals surface area contributed by atoms with Gasteiger partial charge in [-0.25, -0.2) is 4.39 Å². The van der Waals surface area contributed by atoms with E-state index < -0.39 is 5.82 Å². The lowest BCUT2D eigenvalue weighted by Gasteiger charge is -2.04. The van der Waals surface area contributed by atoms with E-state index in [0.717, 1.165) is 9.35 Å². The minimum atomic E-state index is -0.409. The fraction of sp³-hybridized carbons (Fsp3) is 0. The second-order valence-corrected chi connectivity index (χ2v) is 6.73. The number of nitrogen functional groups attached to an aromatic ring is 1. The molecule has 0 atom stereocenters. The summed E-state index contributed by atoms with van der Waals surface area (Å²) in [5.41, 5.74) is 7.85. The molecule has 0 unspecified atom stereocenters. The summed E-state index contributed by atoms with van der Waals surface area (Å²) in [6.07, 6.45) is 0. The monoisotopic (exact) mass is 372 g/mol. The number of nitrogens with two attached hydrogens (primary N) is 1. The molecule has 102 valence electrons. The number of hydrogen-bond acceptors (Lipinski definition) is 4. The van der Waals surface area contributed by atoms with Gasteiger partial charge in [0.1, 0.15) is 5.82 Å². The molecule has 2 heterocycles. The molecule has 3 aromatic rings. The third kappa shape index (κ3) is 2.34. The molecule has 1 aromatic carbocycles. The predicted octanol–water partition coefficient (Wildman–Crippen LogP) is 5.21. The van der Waals surface area contributed by atoms with Gasteiger partial charge in [-0.1, -0.05) is 16.8 Å². The molecule has 2 aromatic heterocycles. The average molecular weight is 374 g/mol. The number of nitrogens with zero attached hydrogens (tertiary/aromatic N) is 1. The Morgan fingerprint density at radius 1 is 1.35 bits per heavy atom. The molecular formula is C13H7BrClFN2OS. The Kier molecular flexibility index (Phi) is 3.54. The molecule has 0 bridgehead atoms. The molecule has 0 fully saturated rings. The lowest BCUT2D eigenvalue weighted by Crippen LogP contribution is -1.90. The lowest BCUT2D eigenvalue weighted by atomic mass is 10.0. The highest BCUT2D eigenvalue weighted by Crippen LogP contribution is 2.41. The number of aromatic nitrogens is 1. The first-order chi connectivity index (χ1) is 9.56. The van der Waals surface area contributed by atoms with E-state index in [1.54, 1.807) is 6.07 Å². The molecule has 7 heteroatoms. The summed E-state index contributed by atoms with van der Waals surface area (Å²) in [7, 11) is 0. The summed E-state index contributed by atoms with van der Waals surface area (Å²) in [5.74, 6) is 0.322. The van der Waals surface area contributed by atoms with Gasteiger partial charge in [-0.15, -0.1) is 11.3 Å². The predicted molar refractivity (Wildman–Crippen MR) is 82.3 cm³/mol. The fourth-order valence-electron chi connectivity index (χ4n) is 1.88. The van der Waals surface area contributed by atoms with Crippen LogP contribution in [-0.2, 0) is 0 Å². The van der Waals surface area contributed by atoms with Crippen LogP contribution in [0.1, 0.15) is 0 Å². The Morgan fingerprint density at radius 3 is 2.80 bits per heavy atom. The number of thiophene rings is 1. The van der Waals surface area contributed by atoms with E-state index in [0.29, 0.717) is 16.9 Å². The SMILES string of the molecule is Nc1noc(-c2csc(Br)c2)c1-c1ccc(F)cc1Cl. The third-order valence-corrected chi connectivity index (χ3v) is 4.57. The van der Waals surface area contributed by atoms with E-state index in [1.807, 2.05) is 11.4 Å². The van der Waals surface area contributed by atoms with E-state index in [9.17, 15) is 4.39 Å². The molecule has 0 aliphatic carbocycles. The largest absolute Gasteiger partial charge is 0.380 e. The van der Waals surface area contributed by atoms with Crippen molar-refractivity contribution >= 4 is 44.7 Å². The molecule has 3 nitrogen and oxygen atoms in total. The molecular weight excluding hydrogens is 367 g/mol. The first-order valence-corrected chi connectivity index (χ1v) is 7.56. The number of hydrogen-bond donors (Lipinski definition) is 1. The number of anilines is 1. The Bertz CT molecular complexity index is 787. The van der Waals surface area contributed by atoms with E-state index in [2.05, 4.69) is 21.1 Å². The van der Waals surface area contributed by atoms with E-state index in [-0.39, 0.29) is 10.8 Å². The van der Waals surface area contributed by atoms with Crippen LogP contribution in [0.2, 0.25) is 5.02 Å². The maximum Gasteiger partial charge on any atom is 0.177 e. The van der Waals surface area contributed by atoms with Crippen LogP contribution in [0.4, 0.5) is 10.2 Å². The Morgan fingerprint density at radius 2 is 2.15 bits per heavy atom. The van der Waals surface area contributed by atoms with Crippen molar-refractivity contribution in [2.75, 3.05) is 5.73 Å². The summed E-state index contributed by atoms with van der Waals surface area (Å²) >= 11 is 11.0. The summed E-state index contributed by atoms with van der Waals surface area (Å²) in [4.78, 5) is 0. The van der Waals surface area contributed by atoms with Crippen molar-refractivity contribution in [1.82, 2.24) is 5.16 Å². The smallest absolute Gasteiger partial charge is 0.177 e. The van der Waals surface area contributed by atoms with Crippen LogP contribution in [-0.4, -0.2) is 5.16 Å². The maximum absolute atomic E-state index is 13.2. The van der Waals surface area contributed by atoms with Crippen LogP contribution < -0.4 is 5.73 Å². The van der Waals surface area contributed by atoms with Gasteiger partial charge in [0.25, 0.3) is 0 Å². The Hall–Kier alpha value is -1.37. The highest BCUT2D eigenvalue weighted by molar-refractivity contribution is 9.11. The molecule has 0 saturated carbocycles. The van der Waals surface area contributed by atoms with E-state index >= 15 is 0 Å². The lowest BCUT2D eigenvalue weighted by molar-refractivity contribution is 0.436. The van der Waals surface area contributed by atoms with Crippen LogP contribution in [0.3, 0.4) is 0 Å².